The third-order valence-corrected chi connectivity index (χ3v) is 9.15. The van der Waals surface area contributed by atoms with Gasteiger partial charge in [-0.15, -0.1) is 0 Å². The van der Waals surface area contributed by atoms with Crippen LogP contribution in [0.1, 0.15) is 64.6 Å². The molecule has 41 heavy (non-hydrogen) atoms. The molecule has 0 bridgehead atoms. The number of ether oxygens (including phenoxy) is 2. The van der Waals surface area contributed by atoms with E-state index in [4.69, 9.17) is 9.47 Å². The van der Waals surface area contributed by atoms with Crippen LogP contribution in [-0.4, -0.2) is 93.1 Å². The minimum atomic E-state index is -4.44. The Morgan fingerprint density at radius 3 is 2.54 bits per heavy atom. The number of anilines is 1. The van der Waals surface area contributed by atoms with Gasteiger partial charge < -0.3 is 29.9 Å². The number of amides is 1. The summed E-state index contributed by atoms with van der Waals surface area (Å²) in [6, 6.07) is 2.99. The molecular formula is C30H48F3N5O3. The fraction of sp³-hybridized carbons (Fsp3) is 0.800. The first-order valence-corrected chi connectivity index (χ1v) is 15.2. The van der Waals surface area contributed by atoms with Crippen LogP contribution in [0.2, 0.25) is 0 Å². The summed E-state index contributed by atoms with van der Waals surface area (Å²) in [5, 5.41) is 7.01. The number of hydrogen-bond acceptors (Lipinski definition) is 7. The molecule has 11 heteroatoms. The van der Waals surface area contributed by atoms with E-state index in [1.165, 1.54) is 0 Å². The topological polar surface area (TPSA) is 79.0 Å². The smallest absolute Gasteiger partial charge is 0.379 e. The van der Waals surface area contributed by atoms with Gasteiger partial charge in [-0.2, -0.15) is 13.2 Å². The number of hydrogen-bond donors (Lipinski definition) is 2. The number of carbonyl (C=O) groups excluding carboxylic acids is 1. The number of rotatable bonds is 10. The van der Waals surface area contributed by atoms with Crippen LogP contribution in [0.3, 0.4) is 0 Å². The van der Waals surface area contributed by atoms with Crippen molar-refractivity contribution < 1.29 is 27.4 Å². The minimum Gasteiger partial charge on any atom is -0.379 e. The van der Waals surface area contributed by atoms with E-state index in [-0.39, 0.29) is 36.1 Å². The number of alkyl halides is 3. The zero-order chi connectivity index (χ0) is 29.8. The Bertz CT molecular complexity index is 1020. The summed E-state index contributed by atoms with van der Waals surface area (Å²) in [6.07, 6.45) is -0.595. The maximum Gasteiger partial charge on any atom is 0.416 e. The van der Waals surface area contributed by atoms with Gasteiger partial charge >= 0.3 is 6.18 Å². The largest absolute Gasteiger partial charge is 0.416 e. The predicted octanol–water partition coefficient (Wildman–Crippen LogP) is 3.88. The number of carbonyl (C=O) groups is 1. The molecule has 0 aromatic carbocycles. The second kappa shape index (κ2) is 13.6. The SMILES string of the molecule is CO[C@@H]1COCC[C@@H]1N[C@@H]1CC[C@@](C(=O)N2CCN(c3cc(C(F)(F)F)cc(CCNC(C)C)n3)CC2)(C(C)C)C1. The average Bonchev–Trinajstić information content (AvgIpc) is 3.37. The number of nitrogens with zero attached hydrogens (tertiary/aromatic N) is 3. The van der Waals surface area contributed by atoms with E-state index in [0.717, 1.165) is 37.8 Å². The zero-order valence-electron chi connectivity index (χ0n) is 25.2. The lowest BCUT2D eigenvalue weighted by Gasteiger charge is -2.42. The lowest BCUT2D eigenvalue weighted by Crippen LogP contribution is -2.55. The summed E-state index contributed by atoms with van der Waals surface area (Å²) in [4.78, 5) is 22.4. The summed E-state index contributed by atoms with van der Waals surface area (Å²) in [6.45, 7) is 12.0. The molecule has 2 N–H and O–H groups in total. The van der Waals surface area contributed by atoms with Gasteiger partial charge in [0.15, 0.2) is 0 Å². The van der Waals surface area contributed by atoms with E-state index < -0.39 is 17.2 Å². The van der Waals surface area contributed by atoms with Gasteiger partial charge in [-0.1, -0.05) is 27.7 Å². The Kier molecular flexibility index (Phi) is 10.6. The van der Waals surface area contributed by atoms with Gasteiger partial charge in [-0.25, -0.2) is 4.98 Å². The molecule has 1 saturated carbocycles. The Balaban J connectivity index is 1.41. The highest BCUT2D eigenvalue weighted by Gasteiger charge is 2.50. The molecule has 3 heterocycles. The first-order valence-electron chi connectivity index (χ1n) is 15.2. The Morgan fingerprint density at radius 1 is 1.17 bits per heavy atom. The second-order valence-electron chi connectivity index (χ2n) is 12.5. The molecule has 3 fully saturated rings. The van der Waals surface area contributed by atoms with Crippen LogP contribution in [0.5, 0.6) is 0 Å². The highest BCUT2D eigenvalue weighted by molar-refractivity contribution is 5.84. The van der Waals surface area contributed by atoms with E-state index >= 15 is 0 Å². The van der Waals surface area contributed by atoms with Crippen molar-refractivity contribution in [2.45, 2.75) is 90.2 Å². The van der Waals surface area contributed by atoms with Crippen molar-refractivity contribution >= 4 is 11.7 Å². The molecule has 0 spiro atoms. The maximum absolute atomic E-state index is 14.0. The molecule has 0 radical (unpaired) electrons. The Hall–Kier alpha value is -1.95. The summed E-state index contributed by atoms with van der Waals surface area (Å²) in [5.74, 6) is 0.684. The van der Waals surface area contributed by atoms with E-state index in [1.54, 1.807) is 7.11 Å². The molecule has 4 rings (SSSR count). The molecule has 1 aliphatic carbocycles. The third kappa shape index (κ3) is 7.72. The number of aromatic nitrogens is 1. The van der Waals surface area contributed by atoms with Gasteiger partial charge in [0.05, 0.1) is 23.7 Å². The summed E-state index contributed by atoms with van der Waals surface area (Å²) in [7, 11) is 1.71. The van der Waals surface area contributed by atoms with Crippen LogP contribution in [0.15, 0.2) is 12.1 Å². The molecular weight excluding hydrogens is 535 g/mol. The Morgan fingerprint density at radius 2 is 1.90 bits per heavy atom. The number of pyridine rings is 1. The molecule has 4 atom stereocenters. The van der Waals surface area contributed by atoms with Gasteiger partial charge in [0.1, 0.15) is 5.82 Å². The fourth-order valence-electron chi connectivity index (χ4n) is 6.59. The highest BCUT2D eigenvalue weighted by atomic mass is 19.4. The number of piperazine rings is 1. The normalized spacial score (nSPS) is 27.7. The average molecular weight is 584 g/mol. The highest BCUT2D eigenvalue weighted by Crippen LogP contribution is 2.46. The Labute approximate surface area is 242 Å². The molecule has 1 amide bonds. The summed E-state index contributed by atoms with van der Waals surface area (Å²) in [5.41, 5.74) is -0.701. The minimum absolute atomic E-state index is 0.0121. The van der Waals surface area contributed by atoms with Crippen molar-refractivity contribution in [3.05, 3.63) is 23.4 Å². The second-order valence-corrected chi connectivity index (χ2v) is 12.5. The molecule has 2 aliphatic heterocycles. The van der Waals surface area contributed by atoms with Crippen molar-refractivity contribution in [2.24, 2.45) is 11.3 Å². The fourth-order valence-corrected chi connectivity index (χ4v) is 6.59. The van der Waals surface area contributed by atoms with Crippen LogP contribution in [-0.2, 0) is 26.9 Å². The predicted molar refractivity (Wildman–Crippen MR) is 153 cm³/mol. The molecule has 1 aromatic heterocycles. The summed E-state index contributed by atoms with van der Waals surface area (Å²) < 4.78 is 52.3. The van der Waals surface area contributed by atoms with Crippen molar-refractivity contribution in [1.82, 2.24) is 20.5 Å². The van der Waals surface area contributed by atoms with E-state index in [2.05, 4.69) is 29.5 Å². The van der Waals surface area contributed by atoms with Gasteiger partial charge in [0.25, 0.3) is 0 Å². The number of halogens is 3. The van der Waals surface area contributed by atoms with Crippen LogP contribution in [0, 0.1) is 11.3 Å². The maximum atomic E-state index is 14.0. The van der Waals surface area contributed by atoms with Crippen molar-refractivity contribution in [3.8, 4) is 0 Å². The molecule has 0 unspecified atom stereocenters. The lowest BCUT2D eigenvalue weighted by atomic mass is 9.74. The lowest BCUT2D eigenvalue weighted by molar-refractivity contribution is -0.145. The first-order chi connectivity index (χ1) is 19.4. The van der Waals surface area contributed by atoms with Crippen LogP contribution in [0.25, 0.3) is 0 Å². The van der Waals surface area contributed by atoms with Crippen LogP contribution >= 0.6 is 0 Å². The van der Waals surface area contributed by atoms with Gasteiger partial charge in [0, 0.05) is 76.7 Å². The molecule has 8 nitrogen and oxygen atoms in total. The number of methoxy groups -OCH3 is 1. The van der Waals surface area contributed by atoms with Gasteiger partial charge in [-0.05, 0) is 43.7 Å². The van der Waals surface area contributed by atoms with Gasteiger partial charge in [-0.3, -0.25) is 4.79 Å². The van der Waals surface area contributed by atoms with E-state index in [1.807, 2.05) is 23.6 Å². The monoisotopic (exact) mass is 583 g/mol. The first kappa shape index (κ1) is 32.0. The van der Waals surface area contributed by atoms with E-state index in [9.17, 15) is 18.0 Å². The molecule has 2 saturated heterocycles. The van der Waals surface area contributed by atoms with Gasteiger partial charge in [0.2, 0.25) is 5.91 Å². The van der Waals surface area contributed by atoms with Crippen LogP contribution in [0.4, 0.5) is 19.0 Å². The van der Waals surface area contributed by atoms with Crippen LogP contribution < -0.4 is 15.5 Å². The standard InChI is InChI=1S/C30H48F3N5O3/c1-20(2)29(9-6-24(18-29)35-25-8-15-41-19-26(25)40-5)28(39)38-13-11-37(12-14-38)27-17-22(30(31,32)33)16-23(36-27)7-10-34-21(3)4/h16-17,20-21,24-26,34-35H,6-15,18-19H2,1-5H3/t24-,25+,26-,29+/m1/s1. The molecule has 232 valence electrons. The van der Waals surface area contributed by atoms with Crippen molar-refractivity contribution in [1.29, 1.82) is 0 Å². The quantitative estimate of drug-likeness (QED) is 0.433. The van der Waals surface area contributed by atoms with Crippen molar-refractivity contribution in [2.75, 3.05) is 57.9 Å². The van der Waals surface area contributed by atoms with E-state index in [0.29, 0.717) is 63.9 Å². The van der Waals surface area contributed by atoms with Crippen molar-refractivity contribution in [3.63, 3.8) is 0 Å². The zero-order valence-corrected chi connectivity index (χ0v) is 25.2. The summed E-state index contributed by atoms with van der Waals surface area (Å²) >= 11 is 0. The molecule has 3 aliphatic rings. The molecule has 1 aromatic rings. The third-order valence-electron chi connectivity index (χ3n) is 9.15. The number of nitrogens with one attached hydrogen (secondary N) is 2.